The van der Waals surface area contributed by atoms with Gasteiger partial charge < -0.3 is 39.7 Å². The Kier molecular flexibility index (Phi) is 6.23. The maximum Gasteiger partial charge on any atom is 0.296 e. The highest BCUT2D eigenvalue weighted by atomic mass is 35.5. The van der Waals surface area contributed by atoms with E-state index in [1.54, 1.807) is 6.07 Å². The van der Waals surface area contributed by atoms with E-state index in [0.717, 1.165) is 12.1 Å². The molecule has 3 aliphatic heterocycles. The molecular formula is C23H22ClF2N5O6. The van der Waals surface area contributed by atoms with E-state index < -0.39 is 42.2 Å². The number of hydrogen-bond donors (Lipinski definition) is 4. The summed E-state index contributed by atoms with van der Waals surface area (Å²) < 4.78 is 51.7. The lowest BCUT2D eigenvalue weighted by Gasteiger charge is -2.15. The Morgan fingerprint density at radius 1 is 1.14 bits per heavy atom. The first-order valence-electron chi connectivity index (χ1n) is 11.7. The summed E-state index contributed by atoms with van der Waals surface area (Å²) in [7, 11) is 0. The van der Waals surface area contributed by atoms with Crippen LogP contribution in [0.15, 0.2) is 18.2 Å². The van der Waals surface area contributed by atoms with E-state index in [1.165, 1.54) is 0 Å². The topological polar surface area (TPSA) is 140 Å². The molecule has 0 spiro atoms. The van der Waals surface area contributed by atoms with Crippen molar-refractivity contribution in [2.24, 2.45) is 0 Å². The first-order valence-corrected chi connectivity index (χ1v) is 12.0. The smallest absolute Gasteiger partial charge is 0.296 e. The average Bonchev–Trinajstić information content (AvgIpc) is 3.62. The van der Waals surface area contributed by atoms with Crippen molar-refractivity contribution < 1.29 is 37.6 Å². The number of benzene rings is 1. The second-order valence-corrected chi connectivity index (χ2v) is 9.36. The van der Waals surface area contributed by atoms with Gasteiger partial charge in [0.15, 0.2) is 17.9 Å². The molecule has 0 saturated carbocycles. The van der Waals surface area contributed by atoms with Crippen LogP contribution < -0.4 is 20.1 Å². The lowest BCUT2D eigenvalue weighted by Crippen LogP contribution is -2.34. The van der Waals surface area contributed by atoms with Crippen LogP contribution in [0.5, 0.6) is 11.8 Å². The molecule has 11 nitrogen and oxygen atoms in total. The highest BCUT2D eigenvalue weighted by Crippen LogP contribution is 2.31. The zero-order valence-corrected chi connectivity index (χ0v) is 19.9. The van der Waals surface area contributed by atoms with Crippen molar-refractivity contribution in [1.29, 1.82) is 0 Å². The number of imidazole rings is 1. The number of H-pyrrole nitrogens is 1. The molecule has 3 fully saturated rings. The number of aromatic amines is 1. The number of aromatic nitrogens is 3. The molecule has 6 rings (SSSR count). The minimum Gasteiger partial charge on any atom is -0.480 e. The Balaban J connectivity index is 1.14. The molecule has 2 aromatic heterocycles. The van der Waals surface area contributed by atoms with Crippen molar-refractivity contribution in [1.82, 2.24) is 20.3 Å². The number of aliphatic hydroxyl groups excluding tert-OH is 1. The van der Waals surface area contributed by atoms with Crippen molar-refractivity contribution in [3.05, 3.63) is 40.4 Å². The maximum absolute atomic E-state index is 14.7. The van der Waals surface area contributed by atoms with Crippen LogP contribution in [0.25, 0.3) is 11.2 Å². The van der Waals surface area contributed by atoms with Crippen molar-refractivity contribution in [3.63, 3.8) is 0 Å². The minimum atomic E-state index is -0.843. The monoisotopic (exact) mass is 537 g/mol. The molecule has 5 heterocycles. The summed E-state index contributed by atoms with van der Waals surface area (Å²) in [4.78, 5) is 23.3. The number of ether oxygens (including phenoxy) is 4. The summed E-state index contributed by atoms with van der Waals surface area (Å²) in [6, 6.07) is 3.79. The van der Waals surface area contributed by atoms with Crippen LogP contribution in [0, 0.1) is 11.6 Å². The Hall–Kier alpha value is -3.26. The summed E-state index contributed by atoms with van der Waals surface area (Å²) in [5.41, 5.74) is 0.509. The van der Waals surface area contributed by atoms with E-state index in [9.17, 15) is 18.7 Å². The second-order valence-electron chi connectivity index (χ2n) is 8.96. The molecule has 14 heteroatoms. The van der Waals surface area contributed by atoms with Crippen LogP contribution >= 0.6 is 11.6 Å². The molecule has 3 aromatic rings. The third-order valence-electron chi connectivity index (χ3n) is 6.47. The van der Waals surface area contributed by atoms with E-state index in [0.29, 0.717) is 18.5 Å². The SMILES string of the molecule is O=C1NCCC1Oc1cc(F)c(CNc2nc3nc(O[C@@H]4CO[C@H]5[C@@H]4OC[C@H]5O)[nH]c3cc2Cl)c(F)c1. The van der Waals surface area contributed by atoms with Gasteiger partial charge in [0.2, 0.25) is 0 Å². The first-order chi connectivity index (χ1) is 17.9. The number of halogens is 3. The summed E-state index contributed by atoms with van der Waals surface area (Å²) in [5, 5.41) is 15.5. The van der Waals surface area contributed by atoms with Crippen molar-refractivity contribution in [2.45, 2.75) is 43.5 Å². The van der Waals surface area contributed by atoms with Crippen LogP contribution in [-0.2, 0) is 20.8 Å². The van der Waals surface area contributed by atoms with Gasteiger partial charge in [0.1, 0.15) is 41.5 Å². The summed E-state index contributed by atoms with van der Waals surface area (Å²) >= 11 is 6.32. The van der Waals surface area contributed by atoms with Gasteiger partial charge >= 0.3 is 0 Å². The van der Waals surface area contributed by atoms with E-state index in [1.807, 2.05) is 0 Å². The van der Waals surface area contributed by atoms with Gasteiger partial charge in [-0.1, -0.05) is 11.6 Å². The van der Waals surface area contributed by atoms with Gasteiger partial charge in [0.25, 0.3) is 11.9 Å². The van der Waals surface area contributed by atoms with Crippen molar-refractivity contribution >= 4 is 34.5 Å². The number of carbonyl (C=O) groups excluding carboxylic acids is 1. The number of aliphatic hydroxyl groups is 1. The quantitative estimate of drug-likeness (QED) is 0.354. The summed E-state index contributed by atoms with van der Waals surface area (Å²) in [5.74, 6) is -1.91. The van der Waals surface area contributed by atoms with Gasteiger partial charge in [0, 0.05) is 37.2 Å². The number of amides is 1. The van der Waals surface area contributed by atoms with E-state index >= 15 is 0 Å². The first kappa shape index (κ1) is 24.1. The highest BCUT2D eigenvalue weighted by molar-refractivity contribution is 6.33. The van der Waals surface area contributed by atoms with Gasteiger partial charge in [-0.25, -0.2) is 13.8 Å². The van der Waals surface area contributed by atoms with Crippen molar-refractivity contribution in [2.75, 3.05) is 25.1 Å². The number of anilines is 1. The molecule has 1 amide bonds. The molecule has 37 heavy (non-hydrogen) atoms. The summed E-state index contributed by atoms with van der Waals surface area (Å²) in [6.45, 7) is 0.609. The lowest BCUT2D eigenvalue weighted by molar-refractivity contribution is -0.124. The molecule has 0 bridgehead atoms. The molecular weight excluding hydrogens is 516 g/mol. The minimum absolute atomic E-state index is 0.0704. The largest absolute Gasteiger partial charge is 0.480 e. The summed E-state index contributed by atoms with van der Waals surface area (Å²) in [6.07, 6.45) is -2.37. The second kappa shape index (κ2) is 9.56. The molecule has 0 radical (unpaired) electrons. The maximum atomic E-state index is 14.7. The standard InChI is InChI=1S/C23H22ClF2N5O6/c24-11-5-14-21(31-23(29-14)37-17-8-35-18-15(32)7-34-19(17)18)30-20(11)28-6-10-12(25)3-9(4-13(10)26)36-16-1-2-27-22(16)33/h3-5,15-19,32H,1-2,6-8H2,(H,27,33)(H2,28,29,30,31)/t15-,16?,17-,18-,19-/m1/s1. The number of pyridine rings is 1. The van der Waals surface area contributed by atoms with Crippen molar-refractivity contribution in [3.8, 4) is 11.8 Å². The number of nitrogens with one attached hydrogen (secondary N) is 3. The number of fused-ring (bicyclic) bond motifs is 2. The van der Waals surface area contributed by atoms with Gasteiger partial charge in [-0.3, -0.25) is 4.79 Å². The predicted molar refractivity (Wildman–Crippen MR) is 125 cm³/mol. The Morgan fingerprint density at radius 2 is 1.92 bits per heavy atom. The molecule has 3 aliphatic rings. The van der Waals surface area contributed by atoms with Gasteiger partial charge in [-0.05, 0) is 6.07 Å². The molecule has 1 unspecified atom stereocenters. The molecule has 0 aliphatic carbocycles. The van der Waals surface area contributed by atoms with Crippen LogP contribution in [0.4, 0.5) is 14.6 Å². The predicted octanol–water partition coefficient (Wildman–Crippen LogP) is 1.67. The third-order valence-corrected chi connectivity index (χ3v) is 6.76. The van der Waals surface area contributed by atoms with E-state index in [-0.39, 0.29) is 59.5 Å². The normalized spacial score (nSPS) is 26.9. The zero-order chi connectivity index (χ0) is 25.7. The van der Waals surface area contributed by atoms with Gasteiger partial charge in [-0.15, -0.1) is 0 Å². The van der Waals surface area contributed by atoms with Crippen LogP contribution in [-0.4, -0.2) is 76.2 Å². The molecule has 196 valence electrons. The molecule has 4 N–H and O–H groups in total. The molecule has 3 saturated heterocycles. The van der Waals surface area contributed by atoms with Crippen LogP contribution in [0.1, 0.15) is 12.0 Å². The van der Waals surface area contributed by atoms with Crippen LogP contribution in [0.3, 0.4) is 0 Å². The number of nitrogens with zero attached hydrogens (tertiary/aromatic N) is 2. The van der Waals surface area contributed by atoms with Crippen LogP contribution in [0.2, 0.25) is 5.02 Å². The Bertz CT molecular complexity index is 1340. The highest BCUT2D eigenvalue weighted by Gasteiger charge is 2.48. The van der Waals surface area contributed by atoms with E-state index in [2.05, 4.69) is 25.6 Å². The van der Waals surface area contributed by atoms with Gasteiger partial charge in [-0.2, -0.15) is 4.98 Å². The lowest BCUT2D eigenvalue weighted by atomic mass is 10.1. The fourth-order valence-corrected chi connectivity index (χ4v) is 4.82. The molecule has 5 atom stereocenters. The number of rotatable bonds is 7. The fraction of sp³-hybridized carbons (Fsp3) is 0.435. The average molecular weight is 538 g/mol. The Labute approximate surface area is 213 Å². The third kappa shape index (κ3) is 4.63. The van der Waals surface area contributed by atoms with E-state index in [4.69, 9.17) is 30.5 Å². The van der Waals surface area contributed by atoms with Gasteiger partial charge in [0.05, 0.1) is 23.8 Å². The Morgan fingerprint density at radius 3 is 2.68 bits per heavy atom. The number of hydrogen-bond acceptors (Lipinski definition) is 9. The molecule has 1 aromatic carbocycles. The number of carbonyl (C=O) groups is 1. The zero-order valence-electron chi connectivity index (χ0n) is 19.2. The fourth-order valence-electron chi connectivity index (χ4n) is 4.60.